The molecule has 1 rings (SSSR count). The van der Waals surface area contributed by atoms with Crippen molar-refractivity contribution in [3.63, 3.8) is 0 Å². The van der Waals surface area contributed by atoms with Crippen LogP contribution in [0.15, 0.2) is 0 Å². The molecular weight excluding hydrogens is 242 g/mol. The summed E-state index contributed by atoms with van der Waals surface area (Å²) in [6, 6.07) is 2.18. The van der Waals surface area contributed by atoms with Crippen molar-refractivity contribution in [2.45, 2.75) is 13.8 Å². The van der Waals surface area contributed by atoms with Crippen LogP contribution in [0, 0.1) is 25.2 Å². The second kappa shape index (κ2) is 7.67. The second-order valence-electron chi connectivity index (χ2n) is 4.47. The smallest absolute Gasteiger partial charge is 0.166 e. The average Bonchev–Trinajstić information content (AvgIpc) is 2.40. The third kappa shape index (κ3) is 4.47. The number of rotatable bonds is 7. The molecule has 0 radical (unpaired) electrons. The standard InChI is InChI=1S/C13H21N5O/c1-10-11(2)16-17-13(12(10)9-14)15-5-6-18(3)7-8-19-4/h5-8H2,1-4H3,(H,15,17). The topological polar surface area (TPSA) is 74.1 Å². The van der Waals surface area contributed by atoms with Gasteiger partial charge in [0.2, 0.25) is 0 Å². The maximum Gasteiger partial charge on any atom is 0.166 e. The molecule has 0 aliphatic rings. The first-order valence-corrected chi connectivity index (χ1v) is 6.25. The number of methoxy groups -OCH3 is 1. The summed E-state index contributed by atoms with van der Waals surface area (Å²) >= 11 is 0. The van der Waals surface area contributed by atoms with E-state index in [0.29, 0.717) is 24.5 Å². The molecular formula is C13H21N5O. The first-order chi connectivity index (χ1) is 9.10. The van der Waals surface area contributed by atoms with Crippen LogP contribution in [0.5, 0.6) is 0 Å². The van der Waals surface area contributed by atoms with Crippen molar-refractivity contribution >= 4 is 5.82 Å². The number of nitrogens with one attached hydrogen (secondary N) is 1. The van der Waals surface area contributed by atoms with Crippen molar-refractivity contribution in [2.75, 3.05) is 45.7 Å². The predicted octanol–water partition coefficient (Wildman–Crippen LogP) is 0.955. The minimum Gasteiger partial charge on any atom is -0.383 e. The molecule has 0 amide bonds. The number of aromatic nitrogens is 2. The van der Waals surface area contributed by atoms with Gasteiger partial charge in [-0.1, -0.05) is 0 Å². The van der Waals surface area contributed by atoms with Crippen molar-refractivity contribution in [3.8, 4) is 6.07 Å². The summed E-state index contributed by atoms with van der Waals surface area (Å²) < 4.78 is 5.02. The largest absolute Gasteiger partial charge is 0.383 e. The van der Waals surface area contributed by atoms with Crippen LogP contribution < -0.4 is 5.32 Å². The summed E-state index contributed by atoms with van der Waals surface area (Å²) in [5.41, 5.74) is 2.25. The van der Waals surface area contributed by atoms with Crippen molar-refractivity contribution < 1.29 is 4.74 Å². The molecule has 6 nitrogen and oxygen atoms in total. The summed E-state index contributed by atoms with van der Waals surface area (Å²) in [7, 11) is 3.72. The van der Waals surface area contributed by atoms with Crippen LogP contribution in [0.1, 0.15) is 16.8 Å². The van der Waals surface area contributed by atoms with E-state index < -0.39 is 0 Å². The van der Waals surface area contributed by atoms with E-state index in [9.17, 15) is 0 Å². The highest BCUT2D eigenvalue weighted by Crippen LogP contribution is 2.16. The van der Waals surface area contributed by atoms with Crippen LogP contribution in [0.2, 0.25) is 0 Å². The van der Waals surface area contributed by atoms with Gasteiger partial charge in [-0.25, -0.2) is 0 Å². The Morgan fingerprint density at radius 1 is 1.32 bits per heavy atom. The van der Waals surface area contributed by atoms with E-state index in [4.69, 9.17) is 10.00 Å². The zero-order valence-corrected chi connectivity index (χ0v) is 12.0. The zero-order chi connectivity index (χ0) is 14.3. The van der Waals surface area contributed by atoms with Gasteiger partial charge in [-0.2, -0.15) is 10.4 Å². The molecule has 19 heavy (non-hydrogen) atoms. The SMILES string of the molecule is COCCN(C)CCNc1nnc(C)c(C)c1C#N. The Morgan fingerprint density at radius 3 is 2.68 bits per heavy atom. The molecule has 104 valence electrons. The number of likely N-dealkylation sites (N-methyl/N-ethyl adjacent to an activating group) is 1. The Hall–Kier alpha value is -1.71. The number of aryl methyl sites for hydroxylation is 1. The molecule has 1 aromatic heterocycles. The molecule has 0 aliphatic carbocycles. The van der Waals surface area contributed by atoms with Crippen molar-refractivity contribution in [1.82, 2.24) is 15.1 Å². The van der Waals surface area contributed by atoms with Gasteiger partial charge < -0.3 is 15.0 Å². The quantitative estimate of drug-likeness (QED) is 0.789. The maximum atomic E-state index is 9.16. The highest BCUT2D eigenvalue weighted by atomic mass is 16.5. The highest BCUT2D eigenvalue weighted by molar-refractivity contribution is 5.55. The lowest BCUT2D eigenvalue weighted by molar-refractivity contribution is 0.163. The molecule has 0 atom stereocenters. The molecule has 0 saturated carbocycles. The first kappa shape index (κ1) is 15.3. The fraction of sp³-hybridized carbons (Fsp3) is 0.615. The Balaban J connectivity index is 2.55. The van der Waals surface area contributed by atoms with Gasteiger partial charge >= 0.3 is 0 Å². The van der Waals surface area contributed by atoms with Gasteiger partial charge in [0.1, 0.15) is 11.6 Å². The van der Waals surface area contributed by atoms with E-state index in [1.54, 1.807) is 7.11 Å². The molecule has 0 aliphatic heterocycles. The molecule has 0 aromatic carbocycles. The lowest BCUT2D eigenvalue weighted by Gasteiger charge is -2.16. The van der Waals surface area contributed by atoms with E-state index in [0.717, 1.165) is 24.3 Å². The maximum absolute atomic E-state index is 9.16. The van der Waals surface area contributed by atoms with E-state index in [-0.39, 0.29) is 0 Å². The minimum absolute atomic E-state index is 0.561. The van der Waals surface area contributed by atoms with Gasteiger partial charge in [0, 0.05) is 26.7 Å². The number of nitriles is 1. The molecule has 6 heteroatoms. The third-order valence-electron chi connectivity index (χ3n) is 3.03. The summed E-state index contributed by atoms with van der Waals surface area (Å²) in [5.74, 6) is 0.561. The second-order valence-corrected chi connectivity index (χ2v) is 4.47. The van der Waals surface area contributed by atoms with Crippen LogP contribution in [-0.4, -0.2) is 55.5 Å². The number of hydrogen-bond donors (Lipinski definition) is 1. The number of anilines is 1. The van der Waals surface area contributed by atoms with Crippen molar-refractivity contribution in [1.29, 1.82) is 5.26 Å². The lowest BCUT2D eigenvalue weighted by Crippen LogP contribution is -2.28. The monoisotopic (exact) mass is 263 g/mol. The molecule has 1 N–H and O–H groups in total. The van der Waals surface area contributed by atoms with Crippen LogP contribution in [-0.2, 0) is 4.74 Å². The third-order valence-corrected chi connectivity index (χ3v) is 3.03. The molecule has 0 saturated heterocycles. The Morgan fingerprint density at radius 2 is 2.05 bits per heavy atom. The van der Waals surface area contributed by atoms with Crippen molar-refractivity contribution in [2.24, 2.45) is 0 Å². The van der Waals surface area contributed by atoms with E-state index in [1.807, 2.05) is 20.9 Å². The van der Waals surface area contributed by atoms with E-state index in [1.165, 1.54) is 0 Å². The van der Waals surface area contributed by atoms with Gasteiger partial charge in [-0.3, -0.25) is 0 Å². The zero-order valence-electron chi connectivity index (χ0n) is 12.0. The highest BCUT2D eigenvalue weighted by Gasteiger charge is 2.10. The van der Waals surface area contributed by atoms with Crippen LogP contribution in [0.4, 0.5) is 5.82 Å². The lowest BCUT2D eigenvalue weighted by atomic mass is 10.1. The Kier molecular flexibility index (Phi) is 6.19. The fourth-order valence-corrected chi connectivity index (χ4v) is 1.59. The summed E-state index contributed by atoms with van der Waals surface area (Å²) in [6.45, 7) is 6.89. The van der Waals surface area contributed by atoms with Crippen molar-refractivity contribution in [3.05, 3.63) is 16.8 Å². The first-order valence-electron chi connectivity index (χ1n) is 6.25. The summed E-state index contributed by atoms with van der Waals surface area (Å²) in [4.78, 5) is 2.15. The normalized spacial score (nSPS) is 10.5. The van der Waals surface area contributed by atoms with Gasteiger partial charge in [-0.05, 0) is 26.5 Å². The number of nitrogens with zero attached hydrogens (tertiary/aromatic N) is 4. The van der Waals surface area contributed by atoms with Gasteiger partial charge in [0.15, 0.2) is 5.82 Å². The Bertz CT molecular complexity index is 455. The van der Waals surface area contributed by atoms with Crippen LogP contribution in [0.25, 0.3) is 0 Å². The number of hydrogen-bond acceptors (Lipinski definition) is 6. The van der Waals surface area contributed by atoms with Crippen LogP contribution >= 0.6 is 0 Å². The molecule has 0 bridgehead atoms. The minimum atomic E-state index is 0.561. The summed E-state index contributed by atoms with van der Waals surface area (Å²) in [5, 5.41) is 20.4. The number of ether oxygens (including phenoxy) is 1. The molecule has 1 heterocycles. The van der Waals surface area contributed by atoms with E-state index >= 15 is 0 Å². The predicted molar refractivity (Wildman–Crippen MR) is 74.1 cm³/mol. The Labute approximate surface area is 114 Å². The molecule has 0 spiro atoms. The molecule has 0 fully saturated rings. The molecule has 1 aromatic rings. The summed E-state index contributed by atoms with van der Waals surface area (Å²) in [6.07, 6.45) is 0. The van der Waals surface area contributed by atoms with Crippen LogP contribution in [0.3, 0.4) is 0 Å². The van der Waals surface area contributed by atoms with Gasteiger partial charge in [0.05, 0.1) is 12.3 Å². The average molecular weight is 263 g/mol. The fourth-order valence-electron chi connectivity index (χ4n) is 1.59. The molecule has 0 unspecified atom stereocenters. The van der Waals surface area contributed by atoms with Gasteiger partial charge in [0.25, 0.3) is 0 Å². The van der Waals surface area contributed by atoms with Gasteiger partial charge in [-0.15, -0.1) is 5.10 Å². The van der Waals surface area contributed by atoms with E-state index in [2.05, 4.69) is 26.5 Å².